The van der Waals surface area contributed by atoms with Crippen molar-refractivity contribution in [2.24, 2.45) is 0 Å². The zero-order valence-corrected chi connectivity index (χ0v) is 29.2. The van der Waals surface area contributed by atoms with Gasteiger partial charge in [0.05, 0.1) is 26.4 Å². The summed E-state index contributed by atoms with van der Waals surface area (Å²) in [6.45, 7) is 0.0901. The normalized spacial score (nSPS) is 24.3. The quantitative estimate of drug-likeness (QED) is 0.0294. The van der Waals surface area contributed by atoms with Crippen molar-refractivity contribution in [3.05, 3.63) is 12.2 Å². The fourth-order valence-corrected chi connectivity index (χ4v) is 5.40. The zero-order valence-electron chi connectivity index (χ0n) is 29.2. The maximum absolute atomic E-state index is 12.7. The molecule has 1 heterocycles. The number of rotatable bonds is 28. The predicted molar refractivity (Wildman–Crippen MR) is 178 cm³/mol. The van der Waals surface area contributed by atoms with Gasteiger partial charge in [0, 0.05) is 13.5 Å². The lowest BCUT2D eigenvalue weighted by Gasteiger charge is -2.42. The van der Waals surface area contributed by atoms with Gasteiger partial charge < -0.3 is 65.1 Å². The molecule has 0 saturated carbocycles. The summed E-state index contributed by atoms with van der Waals surface area (Å²) in [4.78, 5) is 25.1. The third-order valence-corrected chi connectivity index (χ3v) is 8.43. The molecule has 1 amide bonds. The van der Waals surface area contributed by atoms with E-state index in [4.69, 9.17) is 18.9 Å². The maximum atomic E-state index is 12.7. The molecule has 8 unspecified atom stereocenters. The van der Waals surface area contributed by atoms with Gasteiger partial charge >= 0.3 is 5.97 Å². The van der Waals surface area contributed by atoms with Crippen LogP contribution in [0.5, 0.6) is 0 Å². The summed E-state index contributed by atoms with van der Waals surface area (Å²) >= 11 is 0. The Balaban J connectivity index is 2.44. The van der Waals surface area contributed by atoms with Crippen LogP contribution < -0.4 is 5.32 Å². The number of hydrogen-bond donors (Lipinski definition) is 9. The van der Waals surface area contributed by atoms with Crippen molar-refractivity contribution in [1.29, 1.82) is 0 Å². The van der Waals surface area contributed by atoms with E-state index in [9.17, 15) is 50.4 Å². The number of aliphatic hydroxyl groups excluding tert-OH is 8. The second-order valence-corrected chi connectivity index (χ2v) is 12.6. The van der Waals surface area contributed by atoms with Gasteiger partial charge in [-0.15, -0.1) is 0 Å². The first-order valence-electron chi connectivity index (χ1n) is 17.7. The van der Waals surface area contributed by atoms with E-state index in [1.54, 1.807) is 0 Å². The maximum Gasteiger partial charge on any atom is 0.306 e. The van der Waals surface area contributed by atoms with Gasteiger partial charge in [-0.2, -0.15) is 0 Å². The summed E-state index contributed by atoms with van der Waals surface area (Å²) in [6.07, 6.45) is 1.56. The molecule has 0 aromatic heterocycles. The van der Waals surface area contributed by atoms with E-state index in [-0.39, 0.29) is 19.6 Å². The van der Waals surface area contributed by atoms with Crippen LogP contribution in [0.25, 0.3) is 0 Å². The van der Waals surface area contributed by atoms with Gasteiger partial charge in [0.15, 0.2) is 12.4 Å². The van der Waals surface area contributed by atoms with Gasteiger partial charge in [-0.3, -0.25) is 9.59 Å². The topological polar surface area (TPSA) is 245 Å². The molecule has 10 atom stereocenters. The van der Waals surface area contributed by atoms with Crippen LogP contribution in [0.4, 0.5) is 0 Å². The Morgan fingerprint density at radius 1 is 0.837 bits per heavy atom. The molecule has 1 rings (SSSR count). The smallest absolute Gasteiger partial charge is 0.306 e. The second-order valence-electron chi connectivity index (χ2n) is 12.6. The largest absolute Gasteiger partial charge is 0.458 e. The molecule has 1 fully saturated rings. The average molecular weight is 710 g/mol. The minimum atomic E-state index is -2.24. The molecule has 1 aliphatic heterocycles. The third-order valence-electron chi connectivity index (χ3n) is 8.43. The summed E-state index contributed by atoms with van der Waals surface area (Å²) in [5.41, 5.74) is 0. The van der Waals surface area contributed by atoms with Gasteiger partial charge in [0.2, 0.25) is 0 Å². The van der Waals surface area contributed by atoms with Gasteiger partial charge in [-0.25, -0.2) is 0 Å². The first kappa shape index (κ1) is 45.3. The molecule has 0 radical (unpaired) electrons. The lowest BCUT2D eigenvalue weighted by molar-refractivity contribution is -0.326. The molecule has 9 N–H and O–H groups in total. The molecule has 1 saturated heterocycles. The van der Waals surface area contributed by atoms with E-state index < -0.39 is 86.3 Å². The van der Waals surface area contributed by atoms with Crippen molar-refractivity contribution in [2.45, 2.75) is 158 Å². The van der Waals surface area contributed by atoms with E-state index >= 15 is 0 Å². The van der Waals surface area contributed by atoms with Crippen molar-refractivity contribution in [3.8, 4) is 0 Å². The number of allylic oxidation sites excluding steroid dienone is 2. The van der Waals surface area contributed by atoms with Crippen LogP contribution >= 0.6 is 0 Å². The molecule has 0 aromatic carbocycles. The third kappa shape index (κ3) is 17.8. The number of esters is 1. The van der Waals surface area contributed by atoms with Crippen LogP contribution in [0.2, 0.25) is 0 Å². The van der Waals surface area contributed by atoms with Crippen LogP contribution in [-0.4, -0.2) is 147 Å². The summed E-state index contributed by atoms with van der Waals surface area (Å²) < 4.78 is 21.0. The minimum Gasteiger partial charge on any atom is -0.458 e. The molecule has 15 nitrogen and oxygen atoms in total. The number of unbranched alkanes of at least 4 members (excludes halogenated alkanes) is 11. The zero-order chi connectivity index (χ0) is 36.6. The molecule has 49 heavy (non-hydrogen) atoms. The van der Waals surface area contributed by atoms with E-state index in [0.717, 1.165) is 38.5 Å². The van der Waals surface area contributed by atoms with Crippen LogP contribution in [0.15, 0.2) is 12.2 Å². The highest BCUT2D eigenvalue weighted by Gasteiger charge is 2.47. The van der Waals surface area contributed by atoms with Crippen molar-refractivity contribution in [2.75, 3.05) is 33.5 Å². The number of nitrogens with one attached hydrogen (secondary N) is 1. The Hall–Kier alpha value is -1.76. The Morgan fingerprint density at radius 2 is 1.43 bits per heavy atom. The highest BCUT2D eigenvalue weighted by atomic mass is 16.7. The number of amides is 1. The van der Waals surface area contributed by atoms with Crippen LogP contribution in [-0.2, 0) is 28.5 Å². The van der Waals surface area contributed by atoms with Gasteiger partial charge in [0.1, 0.15) is 48.8 Å². The molecular weight excluding hydrogens is 646 g/mol. The van der Waals surface area contributed by atoms with Crippen LogP contribution in [0.1, 0.15) is 96.8 Å². The number of hydrogen-bond acceptors (Lipinski definition) is 14. The second kappa shape index (κ2) is 27.0. The Morgan fingerprint density at radius 3 is 2.00 bits per heavy atom. The van der Waals surface area contributed by atoms with E-state index in [0.29, 0.717) is 6.42 Å². The standard InChI is InChI=1S/C34H63NO14/c1-3-4-5-6-7-8-9-10-11-12-13-14-15-16-17-18-26(39)47-23(22-46-2)19-35-33(45)30(43)29(42)32(24(38)20-36)49-34-31(44)28(41)27(40)25(21-37)48-34/h10-11,23-25,27-32,34,36-38,40-44H,3-9,12-22H2,1-2H3,(H,35,45)/b11-10+/t23?,24?,25?,27-,28?,29?,30?,31?,32?,34-/m1/s1. The first-order valence-corrected chi connectivity index (χ1v) is 17.7. The van der Waals surface area contributed by atoms with E-state index in [2.05, 4.69) is 24.4 Å². The molecule has 0 spiro atoms. The molecule has 288 valence electrons. The fraction of sp³-hybridized carbons (Fsp3) is 0.882. The van der Waals surface area contributed by atoms with E-state index in [1.165, 1.54) is 45.6 Å². The SMILES string of the molecule is CCCCCCCC/C=C/CCCCCCCC(=O)OC(CNC(=O)C(O)C(O)C(O[C@H]1OC(CO)[C@@H](O)C(O)C1O)C(O)CO)COC. The van der Waals surface area contributed by atoms with Crippen molar-refractivity contribution in [3.63, 3.8) is 0 Å². The number of carbonyl (C=O) groups excluding carboxylic acids is 2. The number of ether oxygens (including phenoxy) is 4. The predicted octanol–water partition coefficient (Wildman–Crippen LogP) is -0.0416. The molecule has 1 aliphatic rings. The number of methoxy groups -OCH3 is 1. The van der Waals surface area contributed by atoms with Crippen molar-refractivity contribution in [1.82, 2.24) is 5.32 Å². The minimum absolute atomic E-state index is 0.0664. The van der Waals surface area contributed by atoms with Gasteiger partial charge in [-0.1, -0.05) is 70.4 Å². The number of carbonyl (C=O) groups is 2. The molecule has 0 aromatic rings. The number of aliphatic hydroxyl groups is 8. The van der Waals surface area contributed by atoms with Gasteiger partial charge in [0.25, 0.3) is 5.91 Å². The highest BCUT2D eigenvalue weighted by molar-refractivity contribution is 5.81. The Bertz CT molecular complexity index is 893. The van der Waals surface area contributed by atoms with Crippen LogP contribution in [0, 0.1) is 0 Å². The lowest BCUT2D eigenvalue weighted by atomic mass is 9.98. The summed E-state index contributed by atoms with van der Waals surface area (Å²) in [5, 5.41) is 82.7. The molecule has 0 bridgehead atoms. The van der Waals surface area contributed by atoms with Crippen LogP contribution in [0.3, 0.4) is 0 Å². The monoisotopic (exact) mass is 709 g/mol. The Labute approximate surface area is 290 Å². The Kier molecular flexibility index (Phi) is 24.9. The summed E-state index contributed by atoms with van der Waals surface area (Å²) in [6, 6.07) is 0. The lowest BCUT2D eigenvalue weighted by Crippen LogP contribution is -2.62. The average Bonchev–Trinajstić information content (AvgIpc) is 3.09. The summed E-state index contributed by atoms with van der Waals surface area (Å²) in [7, 11) is 1.38. The first-order chi connectivity index (χ1) is 23.5. The molecule has 15 heteroatoms. The van der Waals surface area contributed by atoms with Crippen molar-refractivity contribution < 1.29 is 69.4 Å². The molecule has 0 aliphatic carbocycles. The van der Waals surface area contributed by atoms with Crippen molar-refractivity contribution >= 4 is 11.9 Å². The van der Waals surface area contributed by atoms with Gasteiger partial charge in [-0.05, 0) is 32.1 Å². The highest BCUT2D eigenvalue weighted by Crippen LogP contribution is 2.25. The van der Waals surface area contributed by atoms with E-state index in [1.807, 2.05) is 0 Å². The summed E-state index contributed by atoms with van der Waals surface area (Å²) in [5.74, 6) is -1.62. The fourth-order valence-electron chi connectivity index (χ4n) is 5.40. The molecular formula is C34H63NO14.